The first kappa shape index (κ1) is 14.1. The van der Waals surface area contributed by atoms with Gasteiger partial charge in [0.15, 0.2) is 11.2 Å². The number of rotatable bonds is 5. The molecule has 1 amide bonds. The standard InChI is InChI=1S/C17H16N2O3/c20-14-12-16(22-15-7-2-1-6-13(14)15)17(21)18-8-5-11-19-9-3-4-10-19/h1-4,6-7,9-10,12H,5,8,11H2,(H,18,21). The molecule has 0 bridgehead atoms. The summed E-state index contributed by atoms with van der Waals surface area (Å²) in [6.45, 7) is 1.35. The summed E-state index contributed by atoms with van der Waals surface area (Å²) in [4.78, 5) is 24.0. The summed E-state index contributed by atoms with van der Waals surface area (Å²) < 4.78 is 7.53. The summed E-state index contributed by atoms with van der Waals surface area (Å²) >= 11 is 0. The van der Waals surface area contributed by atoms with Gasteiger partial charge in [-0.15, -0.1) is 0 Å². The second-order valence-corrected chi connectivity index (χ2v) is 5.00. The highest BCUT2D eigenvalue weighted by Gasteiger charge is 2.11. The number of amides is 1. The number of nitrogens with one attached hydrogen (secondary N) is 1. The minimum atomic E-state index is -0.365. The summed E-state index contributed by atoms with van der Waals surface area (Å²) in [6.07, 6.45) is 4.76. The Labute approximate surface area is 127 Å². The lowest BCUT2D eigenvalue weighted by atomic mass is 10.2. The van der Waals surface area contributed by atoms with Crippen molar-refractivity contribution in [3.63, 3.8) is 0 Å². The average molecular weight is 296 g/mol. The fourth-order valence-corrected chi connectivity index (χ4v) is 2.29. The number of carbonyl (C=O) groups is 1. The summed E-state index contributed by atoms with van der Waals surface area (Å²) in [5, 5.41) is 3.25. The number of nitrogens with zero attached hydrogens (tertiary/aromatic N) is 1. The van der Waals surface area contributed by atoms with Crippen molar-refractivity contribution >= 4 is 16.9 Å². The molecule has 5 nitrogen and oxygen atoms in total. The van der Waals surface area contributed by atoms with E-state index in [0.717, 1.165) is 13.0 Å². The Morgan fingerprint density at radius 2 is 1.91 bits per heavy atom. The van der Waals surface area contributed by atoms with Crippen molar-refractivity contribution in [2.45, 2.75) is 13.0 Å². The fourth-order valence-electron chi connectivity index (χ4n) is 2.29. The van der Waals surface area contributed by atoms with E-state index in [1.54, 1.807) is 24.3 Å². The lowest BCUT2D eigenvalue weighted by Gasteiger charge is -2.06. The second kappa shape index (κ2) is 6.30. The van der Waals surface area contributed by atoms with Gasteiger partial charge in [-0.3, -0.25) is 9.59 Å². The van der Waals surface area contributed by atoms with Crippen molar-refractivity contribution in [3.8, 4) is 0 Å². The van der Waals surface area contributed by atoms with E-state index in [2.05, 4.69) is 5.32 Å². The van der Waals surface area contributed by atoms with Gasteiger partial charge < -0.3 is 14.3 Å². The minimum absolute atomic E-state index is 0.0460. The molecule has 0 atom stereocenters. The predicted molar refractivity (Wildman–Crippen MR) is 83.9 cm³/mol. The molecular weight excluding hydrogens is 280 g/mol. The Kier molecular flexibility index (Phi) is 4.05. The van der Waals surface area contributed by atoms with E-state index < -0.39 is 0 Å². The molecular formula is C17H16N2O3. The SMILES string of the molecule is O=C(NCCCn1cccc1)c1cc(=O)c2ccccc2o1. The van der Waals surface area contributed by atoms with Crippen LogP contribution < -0.4 is 10.7 Å². The molecule has 0 unspecified atom stereocenters. The van der Waals surface area contributed by atoms with Crippen LogP contribution in [0.15, 0.2) is 64.1 Å². The number of carbonyl (C=O) groups excluding carboxylic acids is 1. The molecule has 2 aromatic heterocycles. The summed E-state index contributed by atoms with van der Waals surface area (Å²) in [5.74, 6) is -0.319. The molecule has 0 aliphatic rings. The zero-order valence-electron chi connectivity index (χ0n) is 12.0. The maximum atomic E-state index is 12.1. The quantitative estimate of drug-likeness (QED) is 0.735. The van der Waals surface area contributed by atoms with Crippen molar-refractivity contribution in [2.24, 2.45) is 0 Å². The molecule has 22 heavy (non-hydrogen) atoms. The third-order valence-corrected chi connectivity index (χ3v) is 3.40. The van der Waals surface area contributed by atoms with Crippen LogP contribution in [0.1, 0.15) is 17.0 Å². The van der Waals surface area contributed by atoms with E-state index in [1.807, 2.05) is 29.1 Å². The van der Waals surface area contributed by atoms with Gasteiger partial charge in [-0.05, 0) is 30.7 Å². The first-order valence-electron chi connectivity index (χ1n) is 7.16. The minimum Gasteiger partial charge on any atom is -0.451 e. The Bertz CT molecular complexity index is 834. The van der Waals surface area contributed by atoms with Crippen molar-refractivity contribution in [3.05, 3.63) is 70.8 Å². The summed E-state index contributed by atoms with van der Waals surface area (Å²) in [7, 11) is 0. The van der Waals surface area contributed by atoms with Gasteiger partial charge in [-0.1, -0.05) is 12.1 Å². The summed E-state index contributed by atoms with van der Waals surface area (Å²) in [6, 6.07) is 12.1. The molecule has 112 valence electrons. The van der Waals surface area contributed by atoms with Crippen molar-refractivity contribution < 1.29 is 9.21 Å². The molecule has 0 aliphatic heterocycles. The molecule has 0 spiro atoms. The number of hydrogen-bond acceptors (Lipinski definition) is 3. The molecule has 0 saturated carbocycles. The number of para-hydroxylation sites is 1. The number of hydrogen-bond donors (Lipinski definition) is 1. The predicted octanol–water partition coefficient (Wildman–Crippen LogP) is 2.41. The number of benzene rings is 1. The zero-order chi connectivity index (χ0) is 15.4. The van der Waals surface area contributed by atoms with Crippen LogP contribution in [0.4, 0.5) is 0 Å². The number of aromatic nitrogens is 1. The van der Waals surface area contributed by atoms with Crippen LogP contribution in [0.5, 0.6) is 0 Å². The molecule has 3 rings (SSSR count). The van der Waals surface area contributed by atoms with Crippen molar-refractivity contribution in [1.29, 1.82) is 0 Å². The molecule has 1 N–H and O–H groups in total. The van der Waals surface area contributed by atoms with Crippen LogP contribution >= 0.6 is 0 Å². The van der Waals surface area contributed by atoms with Crippen LogP contribution in [0.25, 0.3) is 11.0 Å². The van der Waals surface area contributed by atoms with Gasteiger partial charge in [0.25, 0.3) is 5.91 Å². The lowest BCUT2D eigenvalue weighted by molar-refractivity contribution is 0.0925. The molecule has 3 aromatic rings. The van der Waals surface area contributed by atoms with Gasteiger partial charge in [0.05, 0.1) is 5.39 Å². The van der Waals surface area contributed by atoms with Gasteiger partial charge >= 0.3 is 0 Å². The largest absolute Gasteiger partial charge is 0.451 e. The monoisotopic (exact) mass is 296 g/mol. The molecule has 5 heteroatoms. The van der Waals surface area contributed by atoms with Crippen LogP contribution in [0.3, 0.4) is 0 Å². The van der Waals surface area contributed by atoms with Gasteiger partial charge in [-0.2, -0.15) is 0 Å². The Hall–Kier alpha value is -2.82. The maximum Gasteiger partial charge on any atom is 0.287 e. The average Bonchev–Trinajstić information content (AvgIpc) is 3.04. The fraction of sp³-hybridized carbons (Fsp3) is 0.176. The van der Waals surface area contributed by atoms with E-state index in [4.69, 9.17) is 4.42 Å². The van der Waals surface area contributed by atoms with Crippen LogP contribution in [0.2, 0.25) is 0 Å². The second-order valence-electron chi connectivity index (χ2n) is 5.00. The third kappa shape index (κ3) is 3.09. The molecule has 0 saturated heterocycles. The maximum absolute atomic E-state index is 12.1. The molecule has 0 radical (unpaired) electrons. The van der Waals surface area contributed by atoms with Gasteiger partial charge in [0, 0.05) is 31.5 Å². The molecule has 0 aliphatic carbocycles. The van der Waals surface area contributed by atoms with E-state index in [-0.39, 0.29) is 17.1 Å². The Morgan fingerprint density at radius 3 is 2.73 bits per heavy atom. The van der Waals surface area contributed by atoms with E-state index in [9.17, 15) is 9.59 Å². The highest BCUT2D eigenvalue weighted by molar-refractivity contribution is 5.93. The highest BCUT2D eigenvalue weighted by atomic mass is 16.3. The first-order chi connectivity index (χ1) is 10.7. The van der Waals surface area contributed by atoms with Gasteiger partial charge in [-0.25, -0.2) is 0 Å². The highest BCUT2D eigenvalue weighted by Crippen LogP contribution is 2.11. The van der Waals surface area contributed by atoms with Gasteiger partial charge in [0.1, 0.15) is 5.58 Å². The summed E-state index contributed by atoms with van der Waals surface area (Å²) in [5.41, 5.74) is 0.215. The Balaban J connectivity index is 1.63. The van der Waals surface area contributed by atoms with Crippen LogP contribution in [0, 0.1) is 0 Å². The van der Waals surface area contributed by atoms with E-state index in [1.165, 1.54) is 6.07 Å². The molecule has 0 fully saturated rings. The molecule has 1 aromatic carbocycles. The normalized spacial score (nSPS) is 10.7. The number of fused-ring (bicyclic) bond motifs is 1. The van der Waals surface area contributed by atoms with E-state index >= 15 is 0 Å². The van der Waals surface area contributed by atoms with Gasteiger partial charge in [0.2, 0.25) is 0 Å². The topological polar surface area (TPSA) is 64.2 Å². The van der Waals surface area contributed by atoms with E-state index in [0.29, 0.717) is 17.5 Å². The third-order valence-electron chi connectivity index (χ3n) is 3.40. The number of aryl methyl sites for hydroxylation is 1. The lowest BCUT2D eigenvalue weighted by Crippen LogP contribution is -2.26. The Morgan fingerprint density at radius 1 is 1.14 bits per heavy atom. The van der Waals surface area contributed by atoms with Crippen molar-refractivity contribution in [2.75, 3.05) is 6.54 Å². The van der Waals surface area contributed by atoms with Crippen LogP contribution in [-0.4, -0.2) is 17.0 Å². The zero-order valence-corrected chi connectivity index (χ0v) is 12.0. The van der Waals surface area contributed by atoms with Crippen molar-refractivity contribution in [1.82, 2.24) is 9.88 Å². The smallest absolute Gasteiger partial charge is 0.287 e. The molecule has 2 heterocycles. The van der Waals surface area contributed by atoms with Crippen LogP contribution in [-0.2, 0) is 6.54 Å². The first-order valence-corrected chi connectivity index (χ1v) is 7.16.